The Morgan fingerprint density at radius 3 is 2.58 bits per heavy atom. The third kappa shape index (κ3) is 2.53. The van der Waals surface area contributed by atoms with Gasteiger partial charge in [0.2, 0.25) is 0 Å². The molecule has 19 heavy (non-hydrogen) atoms. The van der Waals surface area contributed by atoms with Gasteiger partial charge in [0.25, 0.3) is 0 Å². The van der Waals surface area contributed by atoms with Gasteiger partial charge >= 0.3 is 0 Å². The molecular weight excluding hydrogens is 238 g/mol. The highest BCUT2D eigenvalue weighted by atomic mass is 16.5. The molecule has 1 aliphatic rings. The maximum absolute atomic E-state index is 6.01. The van der Waals surface area contributed by atoms with E-state index < -0.39 is 0 Å². The lowest BCUT2D eigenvalue weighted by Gasteiger charge is -2.36. The van der Waals surface area contributed by atoms with E-state index in [1.807, 2.05) is 19.1 Å². The van der Waals surface area contributed by atoms with Crippen LogP contribution in [0.25, 0.3) is 0 Å². The molecule has 1 aromatic carbocycles. The molecule has 1 unspecified atom stereocenters. The lowest BCUT2D eigenvalue weighted by atomic mass is 9.91. The standard InChI is InChI=1S/C15H23N3O/c1-4-10-18-14(16)17-11-15(18,3)12-6-8-13(9-7-12)19-5-2/h6-9H,4-5,10-11H2,1-3H3,(H2,16,17). The molecule has 0 saturated carbocycles. The second-order valence-corrected chi connectivity index (χ2v) is 5.06. The molecular formula is C15H23N3O. The van der Waals surface area contributed by atoms with Gasteiger partial charge < -0.3 is 15.4 Å². The van der Waals surface area contributed by atoms with E-state index in [0.717, 1.165) is 18.7 Å². The first kappa shape index (κ1) is 13.7. The van der Waals surface area contributed by atoms with E-state index in [1.165, 1.54) is 5.56 Å². The van der Waals surface area contributed by atoms with Gasteiger partial charge in [-0.25, -0.2) is 0 Å². The fraction of sp³-hybridized carbons (Fsp3) is 0.533. The molecule has 1 aromatic rings. The third-order valence-corrected chi connectivity index (χ3v) is 3.66. The molecule has 0 bridgehead atoms. The Labute approximate surface area is 115 Å². The number of benzene rings is 1. The van der Waals surface area contributed by atoms with Gasteiger partial charge in [0.1, 0.15) is 5.75 Å². The van der Waals surface area contributed by atoms with Crippen LogP contribution in [0.5, 0.6) is 5.75 Å². The predicted octanol–water partition coefficient (Wildman–Crippen LogP) is 2.34. The summed E-state index contributed by atoms with van der Waals surface area (Å²) in [6.45, 7) is 8.68. The number of nitrogens with zero attached hydrogens (tertiary/aromatic N) is 2. The minimum absolute atomic E-state index is 0.134. The van der Waals surface area contributed by atoms with Crippen molar-refractivity contribution < 1.29 is 4.74 Å². The molecule has 4 heteroatoms. The van der Waals surface area contributed by atoms with E-state index in [0.29, 0.717) is 19.1 Å². The third-order valence-electron chi connectivity index (χ3n) is 3.66. The van der Waals surface area contributed by atoms with E-state index in [2.05, 4.69) is 35.9 Å². The predicted molar refractivity (Wildman–Crippen MR) is 78.4 cm³/mol. The second-order valence-electron chi connectivity index (χ2n) is 5.06. The minimum Gasteiger partial charge on any atom is -0.494 e. The molecule has 0 saturated heterocycles. The second kappa shape index (κ2) is 5.51. The number of hydrogen-bond acceptors (Lipinski definition) is 4. The Morgan fingerprint density at radius 2 is 2.00 bits per heavy atom. The lowest BCUT2D eigenvalue weighted by molar-refractivity contribution is 0.225. The van der Waals surface area contributed by atoms with Gasteiger partial charge in [0.15, 0.2) is 5.96 Å². The highest BCUT2D eigenvalue weighted by Gasteiger charge is 2.38. The van der Waals surface area contributed by atoms with Gasteiger partial charge in [0.05, 0.1) is 18.7 Å². The fourth-order valence-electron chi connectivity index (χ4n) is 2.57. The zero-order chi connectivity index (χ0) is 13.9. The Balaban J connectivity index is 2.24. The zero-order valence-corrected chi connectivity index (χ0v) is 12.0. The lowest BCUT2D eigenvalue weighted by Crippen LogP contribution is -2.47. The molecule has 0 radical (unpaired) electrons. The molecule has 0 spiro atoms. The van der Waals surface area contributed by atoms with E-state index in [1.54, 1.807) is 0 Å². The van der Waals surface area contributed by atoms with Gasteiger partial charge in [-0.15, -0.1) is 0 Å². The summed E-state index contributed by atoms with van der Waals surface area (Å²) < 4.78 is 5.48. The first-order valence-electron chi connectivity index (χ1n) is 6.92. The van der Waals surface area contributed by atoms with Crippen molar-refractivity contribution in [2.75, 3.05) is 19.7 Å². The van der Waals surface area contributed by atoms with Crippen molar-refractivity contribution in [2.24, 2.45) is 10.7 Å². The summed E-state index contributed by atoms with van der Waals surface area (Å²) in [6.07, 6.45) is 1.06. The van der Waals surface area contributed by atoms with E-state index >= 15 is 0 Å². The van der Waals surface area contributed by atoms with Gasteiger partial charge in [-0.2, -0.15) is 0 Å². The van der Waals surface area contributed by atoms with Crippen LogP contribution < -0.4 is 10.5 Å². The number of aliphatic imine (C=N–C) groups is 1. The van der Waals surface area contributed by atoms with Crippen molar-refractivity contribution in [3.8, 4) is 5.75 Å². The van der Waals surface area contributed by atoms with Crippen LogP contribution in [0, 0.1) is 0 Å². The van der Waals surface area contributed by atoms with Crippen LogP contribution >= 0.6 is 0 Å². The summed E-state index contributed by atoms with van der Waals surface area (Å²) in [6, 6.07) is 8.26. The number of ether oxygens (including phenoxy) is 1. The number of guanidine groups is 1. The summed E-state index contributed by atoms with van der Waals surface area (Å²) in [4.78, 5) is 6.61. The normalized spacial score (nSPS) is 22.5. The maximum atomic E-state index is 6.01. The SMILES string of the molecule is CCCN1C(N)=NCC1(C)c1ccc(OCC)cc1. The highest BCUT2D eigenvalue weighted by Crippen LogP contribution is 2.33. The number of rotatable bonds is 5. The fourth-order valence-corrected chi connectivity index (χ4v) is 2.57. The summed E-state index contributed by atoms with van der Waals surface area (Å²) >= 11 is 0. The van der Waals surface area contributed by atoms with Crippen molar-refractivity contribution in [1.82, 2.24) is 4.90 Å². The molecule has 2 N–H and O–H groups in total. The first-order chi connectivity index (χ1) is 9.11. The summed E-state index contributed by atoms with van der Waals surface area (Å²) in [7, 11) is 0. The molecule has 1 aliphatic heterocycles. The topological polar surface area (TPSA) is 50.8 Å². The van der Waals surface area contributed by atoms with Crippen LogP contribution in [-0.2, 0) is 5.54 Å². The van der Waals surface area contributed by atoms with Crippen LogP contribution in [0.2, 0.25) is 0 Å². The Morgan fingerprint density at radius 1 is 1.32 bits per heavy atom. The van der Waals surface area contributed by atoms with Crippen LogP contribution in [0.1, 0.15) is 32.8 Å². The Bertz CT molecular complexity index is 455. The van der Waals surface area contributed by atoms with Crippen LogP contribution in [0.3, 0.4) is 0 Å². The van der Waals surface area contributed by atoms with Gasteiger partial charge in [-0.3, -0.25) is 4.99 Å². The Hall–Kier alpha value is -1.71. The molecule has 1 heterocycles. The zero-order valence-electron chi connectivity index (χ0n) is 12.0. The number of nitrogens with two attached hydrogens (primary N) is 1. The highest BCUT2D eigenvalue weighted by molar-refractivity contribution is 5.81. The molecule has 1 atom stereocenters. The molecule has 4 nitrogen and oxygen atoms in total. The van der Waals surface area contributed by atoms with Gasteiger partial charge in [-0.1, -0.05) is 19.1 Å². The average Bonchev–Trinajstić information content (AvgIpc) is 2.70. The first-order valence-corrected chi connectivity index (χ1v) is 6.92. The monoisotopic (exact) mass is 261 g/mol. The van der Waals surface area contributed by atoms with E-state index in [-0.39, 0.29) is 5.54 Å². The van der Waals surface area contributed by atoms with E-state index in [9.17, 15) is 0 Å². The molecule has 104 valence electrons. The van der Waals surface area contributed by atoms with Gasteiger partial charge in [-0.05, 0) is 38.0 Å². The molecule has 0 aromatic heterocycles. The minimum atomic E-state index is -0.134. The van der Waals surface area contributed by atoms with Crippen molar-refractivity contribution in [3.63, 3.8) is 0 Å². The summed E-state index contributed by atoms with van der Waals surface area (Å²) in [5.74, 6) is 1.56. The smallest absolute Gasteiger partial charge is 0.192 e. The molecule has 2 rings (SSSR count). The maximum Gasteiger partial charge on any atom is 0.192 e. The van der Waals surface area contributed by atoms with Crippen molar-refractivity contribution >= 4 is 5.96 Å². The largest absolute Gasteiger partial charge is 0.494 e. The quantitative estimate of drug-likeness (QED) is 0.885. The van der Waals surface area contributed by atoms with Crippen molar-refractivity contribution in [2.45, 2.75) is 32.7 Å². The number of hydrogen-bond donors (Lipinski definition) is 1. The van der Waals surface area contributed by atoms with Crippen molar-refractivity contribution in [3.05, 3.63) is 29.8 Å². The van der Waals surface area contributed by atoms with E-state index in [4.69, 9.17) is 10.5 Å². The van der Waals surface area contributed by atoms with Crippen molar-refractivity contribution in [1.29, 1.82) is 0 Å². The molecule has 0 aliphatic carbocycles. The van der Waals surface area contributed by atoms with Gasteiger partial charge in [0, 0.05) is 6.54 Å². The van der Waals surface area contributed by atoms with Crippen LogP contribution in [-0.4, -0.2) is 30.6 Å². The summed E-state index contributed by atoms with van der Waals surface area (Å²) in [5, 5.41) is 0. The Kier molecular flexibility index (Phi) is 3.98. The average molecular weight is 261 g/mol. The van der Waals surface area contributed by atoms with Crippen LogP contribution in [0.4, 0.5) is 0 Å². The summed E-state index contributed by atoms with van der Waals surface area (Å²) in [5.41, 5.74) is 7.10. The molecule has 0 amide bonds. The molecule has 0 fully saturated rings. The van der Waals surface area contributed by atoms with Crippen LogP contribution in [0.15, 0.2) is 29.3 Å².